The molecule has 2 fully saturated rings. The maximum Gasteiger partial charge on any atom is 0.185 e. The minimum absolute atomic E-state index is 0.795. The van der Waals surface area contributed by atoms with Crippen molar-refractivity contribution in [3.8, 4) is 0 Å². The second-order valence-corrected chi connectivity index (χ2v) is 5.02. The van der Waals surface area contributed by atoms with Crippen LogP contribution in [0.4, 0.5) is 5.13 Å². The third-order valence-corrected chi connectivity index (χ3v) is 4.11. The van der Waals surface area contributed by atoms with Crippen molar-refractivity contribution in [2.24, 2.45) is 0 Å². The molecule has 82 valence electrons. The van der Waals surface area contributed by atoms with Crippen LogP contribution in [0.3, 0.4) is 0 Å². The fourth-order valence-electron chi connectivity index (χ4n) is 2.18. The summed E-state index contributed by atoms with van der Waals surface area (Å²) in [6.45, 7) is 6.99. The number of thiazole rings is 1. The minimum Gasteiger partial charge on any atom is -0.346 e. The van der Waals surface area contributed by atoms with Crippen LogP contribution in [0.15, 0.2) is 11.6 Å². The van der Waals surface area contributed by atoms with Gasteiger partial charge in [-0.1, -0.05) is 0 Å². The van der Waals surface area contributed by atoms with Crippen molar-refractivity contribution in [2.45, 2.75) is 6.04 Å². The Labute approximate surface area is 93.9 Å². The molecule has 2 saturated heterocycles. The summed E-state index contributed by atoms with van der Waals surface area (Å²) in [5.41, 5.74) is 0. The minimum atomic E-state index is 0.795. The molecular weight excluding hydrogens is 208 g/mol. The first-order chi connectivity index (χ1) is 7.43. The van der Waals surface area contributed by atoms with Gasteiger partial charge in [-0.15, -0.1) is 11.3 Å². The Morgan fingerprint density at radius 3 is 2.60 bits per heavy atom. The van der Waals surface area contributed by atoms with Gasteiger partial charge in [0.25, 0.3) is 0 Å². The van der Waals surface area contributed by atoms with Crippen LogP contribution < -0.4 is 10.2 Å². The zero-order valence-electron chi connectivity index (χ0n) is 8.72. The van der Waals surface area contributed by atoms with Crippen LogP contribution >= 0.6 is 11.3 Å². The zero-order chi connectivity index (χ0) is 10.1. The number of hydrogen-bond donors (Lipinski definition) is 1. The number of nitrogens with zero attached hydrogens (tertiary/aromatic N) is 3. The van der Waals surface area contributed by atoms with Gasteiger partial charge >= 0.3 is 0 Å². The van der Waals surface area contributed by atoms with Gasteiger partial charge in [0.05, 0.1) is 0 Å². The number of rotatable bonds is 2. The highest BCUT2D eigenvalue weighted by atomic mass is 32.1. The highest BCUT2D eigenvalue weighted by molar-refractivity contribution is 7.13. The Balaban J connectivity index is 1.56. The molecule has 2 aliphatic heterocycles. The number of piperazine rings is 1. The van der Waals surface area contributed by atoms with Gasteiger partial charge in [0.1, 0.15) is 0 Å². The van der Waals surface area contributed by atoms with Crippen LogP contribution in [0, 0.1) is 0 Å². The number of hydrogen-bond acceptors (Lipinski definition) is 5. The topological polar surface area (TPSA) is 31.4 Å². The Bertz CT molecular complexity index is 301. The maximum atomic E-state index is 4.36. The first-order valence-electron chi connectivity index (χ1n) is 5.53. The lowest BCUT2D eigenvalue weighted by atomic mass is 10.1. The average molecular weight is 224 g/mol. The van der Waals surface area contributed by atoms with E-state index in [4.69, 9.17) is 0 Å². The van der Waals surface area contributed by atoms with E-state index in [0.717, 1.165) is 19.1 Å². The summed E-state index contributed by atoms with van der Waals surface area (Å²) in [6, 6.07) is 0.795. The van der Waals surface area contributed by atoms with E-state index in [9.17, 15) is 0 Å². The Kier molecular flexibility index (Phi) is 2.60. The van der Waals surface area contributed by atoms with Gasteiger partial charge in [0, 0.05) is 56.9 Å². The largest absolute Gasteiger partial charge is 0.346 e. The first-order valence-corrected chi connectivity index (χ1v) is 6.40. The molecule has 0 radical (unpaired) electrons. The van der Waals surface area contributed by atoms with Crippen molar-refractivity contribution < 1.29 is 0 Å². The molecule has 1 N–H and O–H groups in total. The van der Waals surface area contributed by atoms with E-state index in [1.54, 1.807) is 11.3 Å². The van der Waals surface area contributed by atoms with Crippen LogP contribution in [-0.2, 0) is 0 Å². The van der Waals surface area contributed by atoms with Gasteiger partial charge in [0.15, 0.2) is 5.13 Å². The quantitative estimate of drug-likeness (QED) is 0.779. The third-order valence-electron chi connectivity index (χ3n) is 3.28. The lowest BCUT2D eigenvalue weighted by Crippen LogP contribution is -2.61. The van der Waals surface area contributed by atoms with Gasteiger partial charge in [-0.05, 0) is 0 Å². The monoisotopic (exact) mass is 224 g/mol. The molecule has 3 heterocycles. The third kappa shape index (κ3) is 1.87. The molecule has 1 aromatic heterocycles. The summed E-state index contributed by atoms with van der Waals surface area (Å²) in [7, 11) is 0. The summed E-state index contributed by atoms with van der Waals surface area (Å²) in [6.07, 6.45) is 1.89. The first kappa shape index (κ1) is 9.57. The number of anilines is 1. The van der Waals surface area contributed by atoms with E-state index in [-0.39, 0.29) is 0 Å². The van der Waals surface area contributed by atoms with Crippen LogP contribution in [0.25, 0.3) is 0 Å². The van der Waals surface area contributed by atoms with Crippen LogP contribution in [0.1, 0.15) is 0 Å². The van der Waals surface area contributed by atoms with Crippen LogP contribution in [0.5, 0.6) is 0 Å². The molecular formula is C10H16N4S. The Morgan fingerprint density at radius 1 is 1.27 bits per heavy atom. The zero-order valence-corrected chi connectivity index (χ0v) is 9.54. The molecule has 3 rings (SSSR count). The van der Waals surface area contributed by atoms with Crippen LogP contribution in [-0.4, -0.2) is 55.2 Å². The molecule has 0 unspecified atom stereocenters. The molecule has 4 nitrogen and oxygen atoms in total. The van der Waals surface area contributed by atoms with E-state index in [2.05, 4.69) is 25.5 Å². The fraction of sp³-hybridized carbons (Fsp3) is 0.700. The lowest BCUT2D eigenvalue weighted by Gasteiger charge is -2.43. The highest BCUT2D eigenvalue weighted by Gasteiger charge is 2.28. The summed E-state index contributed by atoms with van der Waals surface area (Å²) in [4.78, 5) is 9.35. The standard InChI is InChI=1S/C10H16N4S/c1-6-15-10(12-1)14-4-2-13(3-5-14)9-7-11-8-9/h1,6,9,11H,2-5,7-8H2. The van der Waals surface area contributed by atoms with Gasteiger partial charge in [-0.3, -0.25) is 4.90 Å². The van der Waals surface area contributed by atoms with Gasteiger partial charge < -0.3 is 10.2 Å². The second kappa shape index (κ2) is 4.08. The molecule has 0 spiro atoms. The Morgan fingerprint density at radius 2 is 2.07 bits per heavy atom. The number of nitrogens with one attached hydrogen (secondary N) is 1. The molecule has 0 bridgehead atoms. The van der Waals surface area contributed by atoms with E-state index >= 15 is 0 Å². The Hall–Kier alpha value is -0.650. The summed E-state index contributed by atoms with van der Waals surface area (Å²) >= 11 is 1.74. The second-order valence-electron chi connectivity index (χ2n) is 4.15. The molecule has 1 aromatic rings. The van der Waals surface area contributed by atoms with E-state index in [1.807, 2.05) is 6.20 Å². The van der Waals surface area contributed by atoms with E-state index < -0.39 is 0 Å². The summed E-state index contributed by atoms with van der Waals surface area (Å²) < 4.78 is 0. The molecule has 0 aliphatic carbocycles. The molecule has 5 heteroatoms. The van der Waals surface area contributed by atoms with E-state index in [1.165, 1.54) is 31.3 Å². The average Bonchev–Trinajstić information content (AvgIpc) is 2.69. The van der Waals surface area contributed by atoms with Gasteiger partial charge in [-0.25, -0.2) is 4.98 Å². The van der Waals surface area contributed by atoms with Gasteiger partial charge in [0.2, 0.25) is 0 Å². The molecule has 0 amide bonds. The molecule has 0 saturated carbocycles. The summed E-state index contributed by atoms with van der Waals surface area (Å²) in [5, 5.41) is 6.57. The van der Waals surface area contributed by atoms with Crippen molar-refractivity contribution in [1.82, 2.24) is 15.2 Å². The SMILES string of the molecule is c1csc(N2CCN(C3CNC3)CC2)n1. The van der Waals surface area contributed by atoms with Crippen molar-refractivity contribution in [3.63, 3.8) is 0 Å². The lowest BCUT2D eigenvalue weighted by molar-refractivity contribution is 0.138. The fourth-order valence-corrected chi connectivity index (χ4v) is 2.88. The van der Waals surface area contributed by atoms with Crippen molar-refractivity contribution >= 4 is 16.5 Å². The molecule has 0 atom stereocenters. The maximum absolute atomic E-state index is 4.36. The molecule has 2 aliphatic rings. The van der Waals surface area contributed by atoms with Crippen molar-refractivity contribution in [2.75, 3.05) is 44.2 Å². The van der Waals surface area contributed by atoms with Gasteiger partial charge in [-0.2, -0.15) is 0 Å². The smallest absolute Gasteiger partial charge is 0.185 e. The summed E-state index contributed by atoms with van der Waals surface area (Å²) in [5.74, 6) is 0. The van der Waals surface area contributed by atoms with Crippen molar-refractivity contribution in [3.05, 3.63) is 11.6 Å². The highest BCUT2D eigenvalue weighted by Crippen LogP contribution is 2.19. The van der Waals surface area contributed by atoms with E-state index in [0.29, 0.717) is 0 Å². The molecule has 15 heavy (non-hydrogen) atoms. The predicted molar refractivity (Wildman–Crippen MR) is 62.6 cm³/mol. The van der Waals surface area contributed by atoms with Crippen LogP contribution in [0.2, 0.25) is 0 Å². The van der Waals surface area contributed by atoms with Crippen molar-refractivity contribution in [1.29, 1.82) is 0 Å². The predicted octanol–water partition coefficient (Wildman–Crippen LogP) is 0.237. The number of aromatic nitrogens is 1. The normalized spacial score (nSPS) is 24.1. The molecule has 0 aromatic carbocycles.